The van der Waals surface area contributed by atoms with Crippen molar-refractivity contribution in [1.29, 1.82) is 0 Å². The van der Waals surface area contributed by atoms with Crippen LogP contribution in [-0.2, 0) is 13.2 Å². The van der Waals surface area contributed by atoms with Crippen LogP contribution in [0.4, 0.5) is 9.18 Å². The molecule has 0 aliphatic heterocycles. The molecule has 29 heavy (non-hydrogen) atoms. The van der Waals surface area contributed by atoms with Crippen molar-refractivity contribution in [2.45, 2.75) is 13.2 Å². The molecule has 0 radical (unpaired) electrons. The third-order valence-electron chi connectivity index (χ3n) is 4.17. The lowest BCUT2D eigenvalue weighted by atomic mass is 10.0. The second kappa shape index (κ2) is 7.93. The minimum atomic E-state index is -1.18. The zero-order chi connectivity index (χ0) is 20.2. The van der Waals surface area contributed by atoms with Gasteiger partial charge in [-0.2, -0.15) is 0 Å². The summed E-state index contributed by atoms with van der Waals surface area (Å²) in [5, 5.41) is 11.1. The fourth-order valence-corrected chi connectivity index (χ4v) is 2.88. The Morgan fingerprint density at radius 3 is 2.90 bits per heavy atom. The molecular formula is C20H16FN5O3. The molecule has 1 aromatic carbocycles. The zero-order valence-electron chi connectivity index (χ0n) is 15.1. The smallest absolute Gasteiger partial charge is 0.404 e. The minimum Gasteiger partial charge on any atom is -0.471 e. The molecule has 0 bridgehead atoms. The molecule has 9 heteroatoms. The molecule has 146 valence electrons. The number of hydrogen-bond acceptors (Lipinski definition) is 5. The quantitative estimate of drug-likeness (QED) is 0.521. The molecule has 1 amide bonds. The maximum Gasteiger partial charge on any atom is 0.404 e. The average Bonchev–Trinajstić information content (AvgIpc) is 3.14. The number of aromatic nitrogens is 4. The van der Waals surface area contributed by atoms with Gasteiger partial charge in [-0.15, -0.1) is 0 Å². The first-order chi connectivity index (χ1) is 14.1. The predicted octanol–water partition coefficient (Wildman–Crippen LogP) is 3.28. The summed E-state index contributed by atoms with van der Waals surface area (Å²) in [7, 11) is 0. The van der Waals surface area contributed by atoms with Crippen LogP contribution in [0.1, 0.15) is 11.3 Å². The van der Waals surface area contributed by atoms with Crippen molar-refractivity contribution in [3.63, 3.8) is 0 Å². The lowest BCUT2D eigenvalue weighted by Gasteiger charge is -2.10. The molecule has 8 nitrogen and oxygen atoms in total. The lowest BCUT2D eigenvalue weighted by molar-refractivity contribution is 0.194. The summed E-state index contributed by atoms with van der Waals surface area (Å²) >= 11 is 0. The number of amides is 1. The molecule has 3 heterocycles. The molecule has 0 atom stereocenters. The summed E-state index contributed by atoms with van der Waals surface area (Å²) in [5.74, 6) is 0.544. The Morgan fingerprint density at radius 1 is 1.21 bits per heavy atom. The van der Waals surface area contributed by atoms with Crippen LogP contribution >= 0.6 is 0 Å². The van der Waals surface area contributed by atoms with Crippen LogP contribution in [0.5, 0.6) is 5.88 Å². The lowest BCUT2D eigenvalue weighted by Crippen LogP contribution is -2.20. The van der Waals surface area contributed by atoms with E-state index in [4.69, 9.17) is 9.84 Å². The number of fused-ring (bicyclic) bond motifs is 1. The Balaban J connectivity index is 1.60. The fourth-order valence-electron chi connectivity index (χ4n) is 2.88. The largest absolute Gasteiger partial charge is 0.471 e. The van der Waals surface area contributed by atoms with Crippen molar-refractivity contribution in [2.24, 2.45) is 0 Å². The van der Waals surface area contributed by atoms with Gasteiger partial charge >= 0.3 is 6.09 Å². The number of rotatable bonds is 6. The van der Waals surface area contributed by atoms with E-state index in [1.165, 1.54) is 12.1 Å². The summed E-state index contributed by atoms with van der Waals surface area (Å²) in [6.07, 6.45) is 5.67. The normalized spacial score (nSPS) is 10.8. The molecule has 4 aromatic rings. The monoisotopic (exact) mass is 393 g/mol. The number of benzene rings is 1. The summed E-state index contributed by atoms with van der Waals surface area (Å²) in [6.45, 7) is 0.216. The fraction of sp³-hybridized carbons (Fsp3) is 0.100. The van der Waals surface area contributed by atoms with E-state index in [0.717, 1.165) is 0 Å². The summed E-state index contributed by atoms with van der Waals surface area (Å²) in [5.41, 5.74) is 2.56. The van der Waals surface area contributed by atoms with Gasteiger partial charge in [-0.05, 0) is 29.3 Å². The molecule has 0 saturated heterocycles. The Kier molecular flexibility index (Phi) is 5.02. The highest BCUT2D eigenvalue weighted by Crippen LogP contribution is 2.24. The van der Waals surface area contributed by atoms with E-state index in [0.29, 0.717) is 34.0 Å². The number of halogens is 1. The van der Waals surface area contributed by atoms with E-state index in [-0.39, 0.29) is 13.2 Å². The highest BCUT2D eigenvalue weighted by atomic mass is 19.1. The van der Waals surface area contributed by atoms with Gasteiger partial charge in [0, 0.05) is 43.0 Å². The van der Waals surface area contributed by atoms with Crippen LogP contribution in [0, 0.1) is 5.82 Å². The number of carboxylic acid groups (broad SMARTS) is 1. The van der Waals surface area contributed by atoms with Crippen LogP contribution in [0.15, 0.2) is 61.2 Å². The molecule has 0 aliphatic carbocycles. The molecule has 0 saturated carbocycles. The van der Waals surface area contributed by atoms with E-state index < -0.39 is 11.9 Å². The molecule has 3 aromatic heterocycles. The highest BCUT2D eigenvalue weighted by Gasteiger charge is 2.11. The van der Waals surface area contributed by atoms with Crippen molar-refractivity contribution in [1.82, 2.24) is 24.7 Å². The average molecular weight is 393 g/mol. The van der Waals surface area contributed by atoms with Gasteiger partial charge < -0.3 is 15.2 Å². The first-order valence-electron chi connectivity index (χ1n) is 8.71. The maximum atomic E-state index is 13.6. The predicted molar refractivity (Wildman–Crippen MR) is 102 cm³/mol. The second-order valence-corrected chi connectivity index (χ2v) is 6.20. The highest BCUT2D eigenvalue weighted by molar-refractivity contribution is 5.69. The van der Waals surface area contributed by atoms with Crippen LogP contribution in [0.2, 0.25) is 0 Å². The Hall–Kier alpha value is -4.01. The van der Waals surface area contributed by atoms with Crippen LogP contribution in [0.3, 0.4) is 0 Å². The van der Waals surface area contributed by atoms with E-state index in [9.17, 15) is 9.18 Å². The van der Waals surface area contributed by atoms with Crippen molar-refractivity contribution >= 4 is 11.9 Å². The molecule has 0 aliphatic rings. The number of pyridine rings is 1. The van der Waals surface area contributed by atoms with Crippen molar-refractivity contribution in [3.8, 4) is 17.0 Å². The van der Waals surface area contributed by atoms with Crippen molar-refractivity contribution in [3.05, 3.63) is 78.3 Å². The molecule has 0 spiro atoms. The van der Waals surface area contributed by atoms with Gasteiger partial charge in [0.25, 0.3) is 0 Å². The molecule has 2 N–H and O–H groups in total. The van der Waals surface area contributed by atoms with Crippen molar-refractivity contribution in [2.75, 3.05) is 0 Å². The van der Waals surface area contributed by atoms with Gasteiger partial charge in [0.05, 0.1) is 5.69 Å². The van der Waals surface area contributed by atoms with Crippen LogP contribution < -0.4 is 10.1 Å². The molecule has 0 fully saturated rings. The Morgan fingerprint density at radius 2 is 2.10 bits per heavy atom. The number of hydrogen-bond donors (Lipinski definition) is 2. The van der Waals surface area contributed by atoms with Gasteiger partial charge in [0.2, 0.25) is 11.7 Å². The molecule has 0 unspecified atom stereocenters. The van der Waals surface area contributed by atoms with E-state index in [1.54, 1.807) is 47.4 Å². The number of nitrogens with zero attached hydrogens (tertiary/aromatic N) is 4. The molecular weight excluding hydrogens is 377 g/mol. The van der Waals surface area contributed by atoms with Gasteiger partial charge in [-0.1, -0.05) is 12.1 Å². The van der Waals surface area contributed by atoms with Crippen LogP contribution in [-0.4, -0.2) is 30.6 Å². The Labute approximate surface area is 164 Å². The Bertz CT molecular complexity index is 1160. The number of nitrogens with one attached hydrogen (secondary N) is 1. The van der Waals surface area contributed by atoms with E-state index in [2.05, 4.69) is 20.3 Å². The van der Waals surface area contributed by atoms with Gasteiger partial charge in [-0.25, -0.2) is 24.1 Å². The SMILES string of the molecule is O=C(O)NCc1cc(F)ccc1-c1cnc2nc(COc3ccccn3)cn2c1. The minimum absolute atomic E-state index is 0.0203. The third kappa shape index (κ3) is 4.29. The van der Waals surface area contributed by atoms with Gasteiger partial charge in [0.1, 0.15) is 12.4 Å². The summed E-state index contributed by atoms with van der Waals surface area (Å²) in [6, 6.07) is 9.62. The number of ether oxygens (including phenoxy) is 1. The number of carbonyl (C=O) groups is 1. The second-order valence-electron chi connectivity index (χ2n) is 6.20. The van der Waals surface area contributed by atoms with E-state index in [1.807, 2.05) is 6.07 Å². The third-order valence-corrected chi connectivity index (χ3v) is 4.17. The van der Waals surface area contributed by atoms with Gasteiger partial charge in [0.15, 0.2) is 0 Å². The van der Waals surface area contributed by atoms with Crippen molar-refractivity contribution < 1.29 is 19.0 Å². The standard InChI is InChI=1S/C20H16FN5O3/c21-15-4-5-17(13(7-15)8-24-20(27)28)14-9-23-19-25-16(11-26(19)10-14)12-29-18-3-1-2-6-22-18/h1-7,9-11,24H,8,12H2,(H,27,28). The molecule has 4 rings (SSSR count). The summed E-state index contributed by atoms with van der Waals surface area (Å²) < 4.78 is 21.0. The number of imidazole rings is 1. The van der Waals surface area contributed by atoms with Crippen LogP contribution in [0.25, 0.3) is 16.9 Å². The summed E-state index contributed by atoms with van der Waals surface area (Å²) in [4.78, 5) is 23.6. The topological polar surface area (TPSA) is 102 Å². The first-order valence-corrected chi connectivity index (χ1v) is 8.71. The zero-order valence-corrected chi connectivity index (χ0v) is 15.1. The van der Waals surface area contributed by atoms with E-state index >= 15 is 0 Å². The van der Waals surface area contributed by atoms with Gasteiger partial charge in [-0.3, -0.25) is 4.40 Å². The first kappa shape index (κ1) is 18.4. The maximum absolute atomic E-state index is 13.6.